The SMILES string of the molecule is C=NC(=O)[C@H](CC(C)C)NC(=O)[C@H](CCC(=O)O)NC(=O)[C@@H]1CCCN1C(=O)CCc1cccc2ccccc12. The van der Waals surface area contributed by atoms with Crippen LogP contribution in [-0.4, -0.2) is 71.0 Å². The molecule has 0 aromatic heterocycles. The molecule has 1 heterocycles. The van der Waals surface area contributed by atoms with Gasteiger partial charge in [-0.15, -0.1) is 0 Å². The number of likely N-dealkylation sites (tertiary alicyclic amines) is 1. The summed E-state index contributed by atoms with van der Waals surface area (Å²) in [7, 11) is 0. The zero-order chi connectivity index (χ0) is 29.2. The minimum Gasteiger partial charge on any atom is -0.481 e. The molecular weight excluding hydrogens is 512 g/mol. The summed E-state index contributed by atoms with van der Waals surface area (Å²) in [5.41, 5.74) is 1.05. The van der Waals surface area contributed by atoms with Crippen molar-refractivity contribution < 1.29 is 29.1 Å². The van der Waals surface area contributed by atoms with Gasteiger partial charge in [0.15, 0.2) is 0 Å². The molecule has 10 nitrogen and oxygen atoms in total. The molecule has 0 aliphatic carbocycles. The number of carbonyl (C=O) groups is 5. The fourth-order valence-corrected chi connectivity index (χ4v) is 5.11. The zero-order valence-electron chi connectivity index (χ0n) is 23.1. The van der Waals surface area contributed by atoms with Gasteiger partial charge in [-0.05, 0) is 61.1 Å². The molecule has 3 N–H and O–H groups in total. The van der Waals surface area contributed by atoms with Crippen LogP contribution in [-0.2, 0) is 30.4 Å². The molecule has 0 saturated carbocycles. The largest absolute Gasteiger partial charge is 0.481 e. The molecule has 3 atom stereocenters. The predicted octanol–water partition coefficient (Wildman–Crippen LogP) is 2.87. The smallest absolute Gasteiger partial charge is 0.303 e. The second-order valence-corrected chi connectivity index (χ2v) is 10.6. The number of fused-ring (bicyclic) bond motifs is 1. The Kier molecular flexibility index (Phi) is 10.9. The van der Waals surface area contributed by atoms with E-state index in [2.05, 4.69) is 22.3 Å². The van der Waals surface area contributed by atoms with Gasteiger partial charge < -0.3 is 20.6 Å². The van der Waals surface area contributed by atoms with Crippen LogP contribution in [0.15, 0.2) is 47.5 Å². The number of nitrogens with one attached hydrogen (secondary N) is 2. The summed E-state index contributed by atoms with van der Waals surface area (Å²) < 4.78 is 0. The summed E-state index contributed by atoms with van der Waals surface area (Å²) in [6, 6.07) is 11.1. The van der Waals surface area contributed by atoms with E-state index in [1.165, 1.54) is 0 Å². The van der Waals surface area contributed by atoms with Crippen molar-refractivity contribution in [2.75, 3.05) is 6.54 Å². The maximum absolute atomic E-state index is 13.3. The van der Waals surface area contributed by atoms with Crippen molar-refractivity contribution >= 4 is 47.1 Å². The number of aryl methyl sites for hydroxylation is 1. The van der Waals surface area contributed by atoms with Crippen LogP contribution in [0.5, 0.6) is 0 Å². The Morgan fingerprint density at radius 3 is 2.45 bits per heavy atom. The third-order valence-corrected chi connectivity index (χ3v) is 7.12. The first-order chi connectivity index (χ1) is 19.1. The number of hydrogen-bond donors (Lipinski definition) is 3. The maximum atomic E-state index is 13.3. The van der Waals surface area contributed by atoms with Crippen molar-refractivity contribution in [3.05, 3.63) is 48.0 Å². The maximum Gasteiger partial charge on any atom is 0.303 e. The summed E-state index contributed by atoms with van der Waals surface area (Å²) in [6.07, 6.45) is 1.61. The predicted molar refractivity (Wildman–Crippen MR) is 152 cm³/mol. The molecule has 0 spiro atoms. The van der Waals surface area contributed by atoms with Gasteiger partial charge in [0.05, 0.1) is 0 Å². The molecule has 0 unspecified atom stereocenters. The highest BCUT2D eigenvalue weighted by atomic mass is 16.4. The average Bonchev–Trinajstić information content (AvgIpc) is 3.43. The fraction of sp³-hybridized carbons (Fsp3) is 0.467. The zero-order valence-corrected chi connectivity index (χ0v) is 23.1. The van der Waals surface area contributed by atoms with E-state index in [0.717, 1.165) is 16.3 Å². The van der Waals surface area contributed by atoms with E-state index in [1.807, 2.05) is 56.3 Å². The lowest BCUT2D eigenvalue weighted by atomic mass is 10.0. The molecule has 0 bridgehead atoms. The normalized spacial score (nSPS) is 16.4. The van der Waals surface area contributed by atoms with Gasteiger partial charge in [-0.3, -0.25) is 24.0 Å². The first-order valence-electron chi connectivity index (χ1n) is 13.7. The Morgan fingerprint density at radius 2 is 1.75 bits per heavy atom. The first-order valence-corrected chi connectivity index (χ1v) is 13.7. The van der Waals surface area contributed by atoms with Gasteiger partial charge in [-0.2, -0.15) is 0 Å². The number of carboxylic acid groups (broad SMARTS) is 1. The number of hydrogen-bond acceptors (Lipinski definition) is 5. The Bertz CT molecular complexity index is 1250. The Morgan fingerprint density at radius 1 is 1.02 bits per heavy atom. The molecule has 1 saturated heterocycles. The minimum absolute atomic E-state index is 0.0648. The monoisotopic (exact) mass is 550 g/mol. The van der Waals surface area contributed by atoms with E-state index in [9.17, 15) is 29.1 Å². The molecule has 1 fully saturated rings. The van der Waals surface area contributed by atoms with Gasteiger partial charge in [0.2, 0.25) is 17.7 Å². The van der Waals surface area contributed by atoms with Gasteiger partial charge in [0.25, 0.3) is 5.91 Å². The number of aliphatic imine (C=N–C) groups is 1. The van der Waals surface area contributed by atoms with Crippen LogP contribution in [0.1, 0.15) is 57.9 Å². The van der Waals surface area contributed by atoms with E-state index >= 15 is 0 Å². The highest BCUT2D eigenvalue weighted by molar-refractivity contribution is 5.95. The van der Waals surface area contributed by atoms with Crippen molar-refractivity contribution in [2.45, 2.75) is 76.9 Å². The third-order valence-electron chi connectivity index (χ3n) is 7.12. The third kappa shape index (κ3) is 8.21. The number of aliphatic carboxylic acids is 1. The van der Waals surface area contributed by atoms with Crippen molar-refractivity contribution in [2.24, 2.45) is 10.9 Å². The van der Waals surface area contributed by atoms with E-state index in [1.54, 1.807) is 4.90 Å². The van der Waals surface area contributed by atoms with Crippen LogP contribution in [0.4, 0.5) is 0 Å². The van der Waals surface area contributed by atoms with Gasteiger partial charge in [0.1, 0.15) is 18.1 Å². The van der Waals surface area contributed by atoms with Crippen LogP contribution >= 0.6 is 0 Å². The van der Waals surface area contributed by atoms with E-state index < -0.39 is 41.8 Å². The molecule has 1 aliphatic heterocycles. The van der Waals surface area contributed by atoms with Crippen LogP contribution in [0.2, 0.25) is 0 Å². The van der Waals surface area contributed by atoms with E-state index in [0.29, 0.717) is 32.2 Å². The van der Waals surface area contributed by atoms with Crippen molar-refractivity contribution in [3.8, 4) is 0 Å². The lowest BCUT2D eigenvalue weighted by Crippen LogP contribution is -2.55. The van der Waals surface area contributed by atoms with Crippen molar-refractivity contribution in [1.82, 2.24) is 15.5 Å². The number of amides is 4. The molecule has 4 amide bonds. The van der Waals surface area contributed by atoms with Crippen LogP contribution in [0.3, 0.4) is 0 Å². The number of carbonyl (C=O) groups excluding carboxylic acids is 4. The fourth-order valence-electron chi connectivity index (χ4n) is 5.11. The lowest BCUT2D eigenvalue weighted by Gasteiger charge is -2.27. The Balaban J connectivity index is 1.67. The molecule has 40 heavy (non-hydrogen) atoms. The van der Waals surface area contributed by atoms with E-state index in [4.69, 9.17) is 0 Å². The molecule has 2 aromatic carbocycles. The molecular formula is C30H38N4O6. The number of nitrogens with zero attached hydrogens (tertiary/aromatic N) is 2. The van der Waals surface area contributed by atoms with E-state index in [-0.39, 0.29) is 31.1 Å². The molecule has 2 aromatic rings. The number of benzene rings is 2. The summed E-state index contributed by atoms with van der Waals surface area (Å²) in [4.78, 5) is 67.9. The molecule has 0 radical (unpaired) electrons. The standard InChI is InChI=1S/C30H38N4O6/c1-19(2)18-24(28(38)31-3)33-29(39)23(14-16-27(36)37)32-30(40)25-12-7-17-34(25)26(35)15-13-21-10-6-9-20-8-4-5-11-22(20)21/h4-6,8-11,19,23-25H,3,7,12-18H2,1-2H3,(H,32,40)(H,33,39)(H,36,37)/t23-,24-,25-/m0/s1. The number of carboxylic acids is 1. The second-order valence-electron chi connectivity index (χ2n) is 10.6. The lowest BCUT2D eigenvalue weighted by molar-refractivity contribution is -0.140. The molecule has 3 rings (SSSR count). The molecule has 214 valence electrons. The Hall–Kier alpha value is -4.08. The van der Waals surface area contributed by atoms with Gasteiger partial charge >= 0.3 is 5.97 Å². The quantitative estimate of drug-likeness (QED) is 0.327. The summed E-state index contributed by atoms with van der Waals surface area (Å²) in [6.45, 7) is 7.42. The van der Waals surface area contributed by atoms with Crippen LogP contribution in [0.25, 0.3) is 10.8 Å². The van der Waals surface area contributed by atoms with Gasteiger partial charge in [-0.25, -0.2) is 4.99 Å². The summed E-state index contributed by atoms with van der Waals surface area (Å²) >= 11 is 0. The van der Waals surface area contributed by atoms with Crippen molar-refractivity contribution in [3.63, 3.8) is 0 Å². The first kappa shape index (κ1) is 30.5. The Labute approximate surface area is 234 Å². The van der Waals surface area contributed by atoms with Gasteiger partial charge in [-0.1, -0.05) is 56.3 Å². The second kappa shape index (κ2) is 14.3. The molecule has 1 aliphatic rings. The summed E-state index contributed by atoms with van der Waals surface area (Å²) in [5.74, 6) is -3.02. The minimum atomic E-state index is -1.19. The van der Waals surface area contributed by atoms with Crippen LogP contribution < -0.4 is 10.6 Å². The molecule has 10 heteroatoms. The highest BCUT2D eigenvalue weighted by Gasteiger charge is 2.36. The highest BCUT2D eigenvalue weighted by Crippen LogP contribution is 2.23. The van der Waals surface area contributed by atoms with Gasteiger partial charge in [0, 0.05) is 19.4 Å². The van der Waals surface area contributed by atoms with Crippen LogP contribution in [0, 0.1) is 5.92 Å². The average molecular weight is 551 g/mol. The van der Waals surface area contributed by atoms with Crippen molar-refractivity contribution in [1.29, 1.82) is 0 Å². The topological polar surface area (TPSA) is 145 Å². The number of rotatable bonds is 13. The summed E-state index contributed by atoms with van der Waals surface area (Å²) in [5, 5.41) is 16.6.